The Morgan fingerprint density at radius 1 is 1.27 bits per heavy atom. The summed E-state index contributed by atoms with van der Waals surface area (Å²) in [5.41, 5.74) is 8.15. The van der Waals surface area contributed by atoms with Crippen molar-refractivity contribution in [1.29, 1.82) is 0 Å². The second-order valence-corrected chi connectivity index (χ2v) is 5.45. The highest BCUT2D eigenvalue weighted by Crippen LogP contribution is 2.41. The van der Waals surface area contributed by atoms with E-state index in [0.717, 1.165) is 5.69 Å². The summed E-state index contributed by atoms with van der Waals surface area (Å²) < 4.78 is 0. The number of nitrogens with two attached hydrogens (primary N) is 1. The van der Waals surface area contributed by atoms with E-state index in [2.05, 4.69) is 24.9 Å². The quantitative estimate of drug-likeness (QED) is 0.762. The molecule has 1 aliphatic carbocycles. The summed E-state index contributed by atoms with van der Waals surface area (Å²) in [6.07, 6.45) is 6.93. The number of anilines is 1. The molecule has 1 aromatic rings. The van der Waals surface area contributed by atoms with Crippen molar-refractivity contribution >= 4 is 5.69 Å². The molecule has 0 amide bonds. The summed E-state index contributed by atoms with van der Waals surface area (Å²) in [6.45, 7) is 4.72. The number of hydrogen-bond acceptors (Lipinski definition) is 2. The van der Waals surface area contributed by atoms with Gasteiger partial charge in [-0.05, 0) is 43.2 Å². The Morgan fingerprint density at radius 2 is 1.93 bits per heavy atom. The summed E-state index contributed by atoms with van der Waals surface area (Å²) in [5, 5.41) is 0. The molecule has 1 fully saturated rings. The number of aromatic nitrogens is 1. The van der Waals surface area contributed by atoms with Crippen LogP contribution in [0.3, 0.4) is 0 Å². The first kappa shape index (κ1) is 10.5. The van der Waals surface area contributed by atoms with E-state index >= 15 is 0 Å². The van der Waals surface area contributed by atoms with Crippen LogP contribution in [0.1, 0.15) is 51.1 Å². The Hall–Kier alpha value is -1.05. The molecule has 2 nitrogen and oxygen atoms in total. The van der Waals surface area contributed by atoms with E-state index in [0.29, 0.717) is 11.3 Å². The Labute approximate surface area is 91.9 Å². The molecule has 1 saturated carbocycles. The van der Waals surface area contributed by atoms with E-state index in [1.807, 2.05) is 6.07 Å². The molecular formula is C13H20N2. The number of pyridine rings is 1. The zero-order valence-electron chi connectivity index (χ0n) is 9.66. The van der Waals surface area contributed by atoms with Crippen LogP contribution in [0.15, 0.2) is 18.3 Å². The van der Waals surface area contributed by atoms with Gasteiger partial charge in [0.2, 0.25) is 0 Å². The standard InChI is InChI=1S/C13H20N2/c1-13(2)7-5-10(6-8-13)12-4-3-11(14)9-15-12/h3-4,9-10H,5-8,14H2,1-2H3. The van der Waals surface area contributed by atoms with Crippen molar-refractivity contribution in [2.24, 2.45) is 5.41 Å². The minimum absolute atomic E-state index is 0.532. The highest BCUT2D eigenvalue weighted by Gasteiger charge is 2.27. The minimum Gasteiger partial charge on any atom is -0.397 e. The fraction of sp³-hybridized carbons (Fsp3) is 0.615. The number of rotatable bonds is 1. The zero-order chi connectivity index (χ0) is 10.9. The third kappa shape index (κ3) is 2.49. The first-order valence-corrected chi connectivity index (χ1v) is 5.78. The van der Waals surface area contributed by atoms with Gasteiger partial charge >= 0.3 is 0 Å². The highest BCUT2D eigenvalue weighted by atomic mass is 14.7. The van der Waals surface area contributed by atoms with Gasteiger partial charge in [-0.15, -0.1) is 0 Å². The second kappa shape index (κ2) is 3.84. The van der Waals surface area contributed by atoms with E-state index in [4.69, 9.17) is 5.73 Å². The predicted octanol–water partition coefficient (Wildman–Crippen LogP) is 3.35. The number of nitrogen functional groups attached to an aromatic ring is 1. The molecule has 2 rings (SSSR count). The van der Waals surface area contributed by atoms with Gasteiger partial charge in [0.1, 0.15) is 0 Å². The van der Waals surface area contributed by atoms with Crippen molar-refractivity contribution in [3.8, 4) is 0 Å². The topological polar surface area (TPSA) is 38.9 Å². The predicted molar refractivity (Wildman–Crippen MR) is 63.6 cm³/mol. The summed E-state index contributed by atoms with van der Waals surface area (Å²) in [5.74, 6) is 0.652. The van der Waals surface area contributed by atoms with Crippen LogP contribution in [0.5, 0.6) is 0 Å². The maximum Gasteiger partial charge on any atom is 0.0501 e. The van der Waals surface area contributed by atoms with Crippen molar-refractivity contribution in [3.05, 3.63) is 24.0 Å². The zero-order valence-corrected chi connectivity index (χ0v) is 9.66. The van der Waals surface area contributed by atoms with Gasteiger partial charge in [0.25, 0.3) is 0 Å². The number of hydrogen-bond donors (Lipinski definition) is 1. The van der Waals surface area contributed by atoms with Crippen molar-refractivity contribution in [2.75, 3.05) is 5.73 Å². The maximum atomic E-state index is 5.64. The SMILES string of the molecule is CC1(C)CCC(c2ccc(N)cn2)CC1. The van der Waals surface area contributed by atoms with Crippen LogP contribution >= 0.6 is 0 Å². The largest absolute Gasteiger partial charge is 0.397 e. The molecule has 0 saturated heterocycles. The monoisotopic (exact) mass is 204 g/mol. The number of nitrogens with zero attached hydrogens (tertiary/aromatic N) is 1. The summed E-state index contributed by atoms with van der Waals surface area (Å²) >= 11 is 0. The molecule has 2 heteroatoms. The molecular weight excluding hydrogens is 184 g/mol. The lowest BCUT2D eigenvalue weighted by atomic mass is 9.72. The van der Waals surface area contributed by atoms with Crippen molar-refractivity contribution < 1.29 is 0 Å². The first-order valence-electron chi connectivity index (χ1n) is 5.78. The van der Waals surface area contributed by atoms with Gasteiger partial charge in [-0.25, -0.2) is 0 Å². The Morgan fingerprint density at radius 3 is 2.47 bits per heavy atom. The lowest BCUT2D eigenvalue weighted by molar-refractivity contribution is 0.223. The fourth-order valence-corrected chi connectivity index (χ4v) is 2.35. The van der Waals surface area contributed by atoms with Gasteiger partial charge in [-0.3, -0.25) is 4.98 Å². The highest BCUT2D eigenvalue weighted by molar-refractivity contribution is 5.35. The molecule has 0 aliphatic heterocycles. The minimum atomic E-state index is 0.532. The van der Waals surface area contributed by atoms with Crippen LogP contribution in [0.4, 0.5) is 5.69 Å². The van der Waals surface area contributed by atoms with E-state index in [-0.39, 0.29) is 0 Å². The molecule has 1 aliphatic rings. The molecule has 0 bridgehead atoms. The molecule has 0 radical (unpaired) electrons. The third-order valence-electron chi connectivity index (χ3n) is 3.57. The molecule has 0 unspecified atom stereocenters. The van der Waals surface area contributed by atoms with Gasteiger partial charge in [0.15, 0.2) is 0 Å². The maximum absolute atomic E-state index is 5.64. The third-order valence-corrected chi connectivity index (χ3v) is 3.57. The summed E-state index contributed by atoms with van der Waals surface area (Å²) in [4.78, 5) is 4.42. The molecule has 1 aromatic heterocycles. The van der Waals surface area contributed by atoms with Crippen molar-refractivity contribution in [1.82, 2.24) is 4.98 Å². The Kier molecular flexibility index (Phi) is 2.68. The van der Waals surface area contributed by atoms with Gasteiger partial charge in [-0.1, -0.05) is 13.8 Å². The van der Waals surface area contributed by atoms with Crippen LogP contribution in [0.25, 0.3) is 0 Å². The molecule has 0 atom stereocenters. The van der Waals surface area contributed by atoms with Gasteiger partial charge in [0, 0.05) is 11.6 Å². The van der Waals surface area contributed by atoms with E-state index in [1.165, 1.54) is 31.4 Å². The molecule has 0 aromatic carbocycles. The van der Waals surface area contributed by atoms with Crippen LogP contribution in [0.2, 0.25) is 0 Å². The summed E-state index contributed by atoms with van der Waals surface area (Å²) in [7, 11) is 0. The summed E-state index contributed by atoms with van der Waals surface area (Å²) in [6, 6.07) is 4.04. The van der Waals surface area contributed by atoms with Gasteiger partial charge < -0.3 is 5.73 Å². The van der Waals surface area contributed by atoms with E-state index < -0.39 is 0 Å². The molecule has 1 heterocycles. The Balaban J connectivity index is 2.04. The molecule has 2 N–H and O–H groups in total. The second-order valence-electron chi connectivity index (χ2n) is 5.45. The van der Waals surface area contributed by atoms with E-state index in [1.54, 1.807) is 6.20 Å². The molecule has 15 heavy (non-hydrogen) atoms. The van der Waals surface area contributed by atoms with Crippen LogP contribution < -0.4 is 5.73 Å². The fourth-order valence-electron chi connectivity index (χ4n) is 2.35. The van der Waals surface area contributed by atoms with Gasteiger partial charge in [-0.2, -0.15) is 0 Å². The van der Waals surface area contributed by atoms with Crippen molar-refractivity contribution in [2.45, 2.75) is 45.4 Å². The van der Waals surface area contributed by atoms with Gasteiger partial charge in [0.05, 0.1) is 11.9 Å². The molecule has 82 valence electrons. The Bertz CT molecular complexity index is 317. The average Bonchev–Trinajstić information content (AvgIpc) is 2.20. The van der Waals surface area contributed by atoms with Crippen LogP contribution in [-0.4, -0.2) is 4.98 Å². The lowest BCUT2D eigenvalue weighted by Crippen LogP contribution is -2.20. The molecule has 0 spiro atoms. The van der Waals surface area contributed by atoms with Crippen LogP contribution in [0, 0.1) is 5.41 Å². The first-order chi connectivity index (χ1) is 7.07. The lowest BCUT2D eigenvalue weighted by Gasteiger charge is -2.34. The normalized spacial score (nSPS) is 21.5. The van der Waals surface area contributed by atoms with Crippen molar-refractivity contribution in [3.63, 3.8) is 0 Å². The van der Waals surface area contributed by atoms with E-state index in [9.17, 15) is 0 Å². The average molecular weight is 204 g/mol. The smallest absolute Gasteiger partial charge is 0.0501 e. The van der Waals surface area contributed by atoms with Crippen LogP contribution in [-0.2, 0) is 0 Å².